The summed E-state index contributed by atoms with van der Waals surface area (Å²) in [4.78, 5) is 27.3. The summed E-state index contributed by atoms with van der Waals surface area (Å²) in [6.45, 7) is 4.81. The highest BCUT2D eigenvalue weighted by Gasteiger charge is 2.47. The molecule has 6 nitrogen and oxygen atoms in total. The SMILES string of the molecule is CC(C)c1ccccc1OC[C@H](O)CN1C(=O)[C@H]2CCCN2C1=O. The summed E-state index contributed by atoms with van der Waals surface area (Å²) in [5.74, 6) is 0.845. The summed E-state index contributed by atoms with van der Waals surface area (Å²) in [6.07, 6.45) is 0.682. The lowest BCUT2D eigenvalue weighted by Crippen LogP contribution is -2.41. The fourth-order valence-corrected chi connectivity index (χ4v) is 3.39. The molecule has 0 saturated carbocycles. The highest BCUT2D eigenvalue weighted by molar-refractivity contribution is 6.04. The molecule has 1 N–H and O–H groups in total. The van der Waals surface area contributed by atoms with E-state index in [4.69, 9.17) is 4.74 Å². The van der Waals surface area contributed by atoms with Crippen LogP contribution in [0.3, 0.4) is 0 Å². The molecule has 6 heteroatoms. The molecule has 0 radical (unpaired) electrons. The fourth-order valence-electron chi connectivity index (χ4n) is 3.39. The number of rotatable bonds is 6. The summed E-state index contributed by atoms with van der Waals surface area (Å²) in [6, 6.07) is 7.08. The largest absolute Gasteiger partial charge is 0.491 e. The van der Waals surface area contributed by atoms with E-state index in [1.54, 1.807) is 4.90 Å². The molecular formula is C18H24N2O4. The first-order chi connectivity index (χ1) is 11.5. The maximum absolute atomic E-state index is 12.3. The van der Waals surface area contributed by atoms with Crippen LogP contribution in [0.4, 0.5) is 4.79 Å². The molecule has 1 aromatic rings. The van der Waals surface area contributed by atoms with Gasteiger partial charge in [-0.3, -0.25) is 9.69 Å². The molecule has 2 fully saturated rings. The number of hydrogen-bond acceptors (Lipinski definition) is 4. The molecule has 0 spiro atoms. The molecule has 2 aliphatic rings. The number of amides is 3. The molecule has 2 heterocycles. The van der Waals surface area contributed by atoms with E-state index in [9.17, 15) is 14.7 Å². The van der Waals surface area contributed by atoms with Crippen LogP contribution in [0, 0.1) is 0 Å². The van der Waals surface area contributed by atoms with Gasteiger partial charge in [-0.1, -0.05) is 32.0 Å². The first-order valence-corrected chi connectivity index (χ1v) is 8.50. The van der Waals surface area contributed by atoms with Gasteiger partial charge < -0.3 is 14.7 Å². The number of hydrogen-bond donors (Lipinski definition) is 1. The van der Waals surface area contributed by atoms with Crippen LogP contribution in [0.15, 0.2) is 24.3 Å². The van der Waals surface area contributed by atoms with Crippen molar-refractivity contribution in [2.75, 3.05) is 19.7 Å². The zero-order valence-electron chi connectivity index (χ0n) is 14.1. The Morgan fingerprint density at radius 2 is 2.04 bits per heavy atom. The molecule has 2 aliphatic heterocycles. The number of para-hydroxylation sites is 1. The van der Waals surface area contributed by atoms with E-state index in [0.717, 1.165) is 29.1 Å². The van der Waals surface area contributed by atoms with Gasteiger partial charge in [0.15, 0.2) is 0 Å². The van der Waals surface area contributed by atoms with E-state index >= 15 is 0 Å². The number of carbonyl (C=O) groups is 2. The number of ether oxygens (including phenoxy) is 1. The quantitative estimate of drug-likeness (QED) is 0.809. The van der Waals surface area contributed by atoms with Crippen molar-refractivity contribution in [1.82, 2.24) is 9.80 Å². The lowest BCUT2D eigenvalue weighted by atomic mass is 10.0. The number of aliphatic hydroxyl groups is 1. The summed E-state index contributed by atoms with van der Waals surface area (Å²) in [5.41, 5.74) is 1.07. The number of β-amino-alcohol motifs (C(OH)–C–C–N with tert-alkyl or cyclic N) is 1. The summed E-state index contributed by atoms with van der Waals surface area (Å²) in [7, 11) is 0. The van der Waals surface area contributed by atoms with Crippen LogP contribution in [-0.4, -0.2) is 58.7 Å². The number of imide groups is 1. The minimum atomic E-state index is -0.904. The second kappa shape index (κ2) is 6.81. The fraction of sp³-hybridized carbons (Fsp3) is 0.556. The Hall–Kier alpha value is -2.08. The lowest BCUT2D eigenvalue weighted by molar-refractivity contribution is -0.129. The topological polar surface area (TPSA) is 70.1 Å². The molecule has 0 unspecified atom stereocenters. The van der Waals surface area contributed by atoms with E-state index < -0.39 is 6.10 Å². The monoisotopic (exact) mass is 332 g/mol. The normalized spacial score (nSPS) is 21.6. The van der Waals surface area contributed by atoms with Gasteiger partial charge in [0.25, 0.3) is 5.91 Å². The van der Waals surface area contributed by atoms with Crippen LogP contribution < -0.4 is 4.74 Å². The van der Waals surface area contributed by atoms with Gasteiger partial charge in [0.05, 0.1) is 6.54 Å². The minimum absolute atomic E-state index is 0.0193. The number of benzene rings is 1. The Morgan fingerprint density at radius 1 is 1.29 bits per heavy atom. The van der Waals surface area contributed by atoms with E-state index in [1.807, 2.05) is 24.3 Å². The van der Waals surface area contributed by atoms with Gasteiger partial charge >= 0.3 is 6.03 Å². The standard InChI is InChI=1S/C18H24N2O4/c1-12(2)14-6-3-4-8-16(14)24-11-13(21)10-20-17(22)15-7-5-9-19(15)18(20)23/h3-4,6,8,12-13,15,21H,5,7,9-11H2,1-2H3/t13-,15-/m1/s1. The predicted octanol–water partition coefficient (Wildman–Crippen LogP) is 1.98. The van der Waals surface area contributed by atoms with Gasteiger partial charge in [-0.15, -0.1) is 0 Å². The molecule has 2 saturated heterocycles. The summed E-state index contributed by atoms with van der Waals surface area (Å²) in [5, 5.41) is 10.2. The highest BCUT2D eigenvalue weighted by atomic mass is 16.5. The summed E-state index contributed by atoms with van der Waals surface area (Å²) >= 11 is 0. The van der Waals surface area contributed by atoms with Crippen LogP contribution in [0.5, 0.6) is 5.75 Å². The Labute approximate surface area is 142 Å². The van der Waals surface area contributed by atoms with E-state index in [2.05, 4.69) is 13.8 Å². The third-order valence-corrected chi connectivity index (χ3v) is 4.65. The number of fused-ring (bicyclic) bond motifs is 1. The molecule has 2 atom stereocenters. The number of nitrogens with zero attached hydrogens (tertiary/aromatic N) is 2. The van der Waals surface area contributed by atoms with Crippen LogP contribution in [0.1, 0.15) is 38.2 Å². The number of carbonyl (C=O) groups excluding carboxylic acids is 2. The van der Waals surface area contributed by atoms with Crippen LogP contribution in [0.25, 0.3) is 0 Å². The Bertz CT molecular complexity index is 609. The number of aliphatic hydroxyl groups excluding tert-OH is 1. The van der Waals surface area contributed by atoms with E-state index in [0.29, 0.717) is 12.5 Å². The Balaban J connectivity index is 1.58. The van der Waals surface area contributed by atoms with Crippen molar-refractivity contribution in [2.45, 2.75) is 44.8 Å². The molecule has 1 aromatic carbocycles. The summed E-state index contributed by atoms with van der Waals surface area (Å²) < 4.78 is 5.72. The Kier molecular flexibility index (Phi) is 4.76. The lowest BCUT2D eigenvalue weighted by Gasteiger charge is -2.20. The highest BCUT2D eigenvalue weighted by Crippen LogP contribution is 2.28. The average Bonchev–Trinajstić information content (AvgIpc) is 3.13. The zero-order chi connectivity index (χ0) is 17.3. The third kappa shape index (κ3) is 3.11. The molecule has 3 amide bonds. The zero-order valence-corrected chi connectivity index (χ0v) is 14.1. The maximum Gasteiger partial charge on any atom is 0.327 e. The molecule has 0 aromatic heterocycles. The van der Waals surface area contributed by atoms with Crippen molar-refractivity contribution in [3.8, 4) is 5.75 Å². The predicted molar refractivity (Wildman–Crippen MR) is 88.9 cm³/mol. The van der Waals surface area contributed by atoms with Crippen molar-refractivity contribution in [1.29, 1.82) is 0 Å². The van der Waals surface area contributed by atoms with Crippen LogP contribution in [0.2, 0.25) is 0 Å². The molecule has 130 valence electrons. The third-order valence-electron chi connectivity index (χ3n) is 4.65. The molecular weight excluding hydrogens is 308 g/mol. The van der Waals surface area contributed by atoms with Gasteiger partial charge in [0.2, 0.25) is 0 Å². The van der Waals surface area contributed by atoms with Crippen LogP contribution >= 0.6 is 0 Å². The molecule has 0 aliphatic carbocycles. The van der Waals surface area contributed by atoms with Crippen molar-refractivity contribution < 1.29 is 19.4 Å². The van der Waals surface area contributed by atoms with Gasteiger partial charge in [-0.05, 0) is 30.4 Å². The first-order valence-electron chi connectivity index (χ1n) is 8.50. The van der Waals surface area contributed by atoms with Crippen molar-refractivity contribution in [3.63, 3.8) is 0 Å². The van der Waals surface area contributed by atoms with Crippen molar-refractivity contribution in [3.05, 3.63) is 29.8 Å². The van der Waals surface area contributed by atoms with Crippen molar-refractivity contribution in [2.24, 2.45) is 0 Å². The van der Waals surface area contributed by atoms with Gasteiger partial charge in [-0.25, -0.2) is 4.79 Å². The minimum Gasteiger partial charge on any atom is -0.491 e. The van der Waals surface area contributed by atoms with Gasteiger partial charge in [0.1, 0.15) is 24.5 Å². The van der Waals surface area contributed by atoms with Gasteiger partial charge in [-0.2, -0.15) is 0 Å². The smallest absolute Gasteiger partial charge is 0.327 e. The van der Waals surface area contributed by atoms with Crippen molar-refractivity contribution >= 4 is 11.9 Å². The average molecular weight is 332 g/mol. The molecule has 24 heavy (non-hydrogen) atoms. The first kappa shape index (κ1) is 16.8. The number of urea groups is 1. The van der Waals surface area contributed by atoms with E-state index in [-0.39, 0.29) is 31.1 Å². The molecule has 0 bridgehead atoms. The Morgan fingerprint density at radius 3 is 2.75 bits per heavy atom. The second-order valence-corrected chi connectivity index (χ2v) is 6.74. The second-order valence-electron chi connectivity index (χ2n) is 6.74. The molecule has 3 rings (SSSR count). The van der Waals surface area contributed by atoms with Gasteiger partial charge in [0, 0.05) is 6.54 Å². The van der Waals surface area contributed by atoms with E-state index in [1.165, 1.54) is 0 Å². The maximum atomic E-state index is 12.3. The van der Waals surface area contributed by atoms with Crippen LogP contribution in [-0.2, 0) is 4.79 Å².